The molecule has 9 nitrogen and oxygen atoms in total. The zero-order chi connectivity index (χ0) is 23.6. The minimum Gasteiger partial charge on any atom is -0.507 e. The van der Waals surface area contributed by atoms with Crippen molar-refractivity contribution in [2.45, 2.75) is 51.2 Å². The number of ether oxygens (including phenoxy) is 4. The number of aromatic hydroxyl groups is 1. The summed E-state index contributed by atoms with van der Waals surface area (Å²) < 4.78 is 21.7. The predicted octanol–water partition coefficient (Wildman–Crippen LogP) is 3.35. The number of phenolic OH excluding ortho intramolecular Hbond substituents is 1. The van der Waals surface area contributed by atoms with E-state index in [9.17, 15) is 5.11 Å². The van der Waals surface area contributed by atoms with E-state index in [1.54, 1.807) is 20.3 Å². The molecule has 0 saturated carbocycles. The second-order valence-electron chi connectivity index (χ2n) is 8.24. The molecular weight excluding hydrogens is 424 g/mol. The molecule has 1 fully saturated rings. The van der Waals surface area contributed by atoms with E-state index in [0.29, 0.717) is 24.3 Å². The highest BCUT2D eigenvalue weighted by molar-refractivity contribution is 5.73. The molecule has 1 aliphatic rings. The second-order valence-corrected chi connectivity index (χ2v) is 8.24. The van der Waals surface area contributed by atoms with E-state index in [1.807, 2.05) is 18.2 Å². The molecule has 3 rings (SSSR count). The molecule has 2 heterocycles. The van der Waals surface area contributed by atoms with Crippen LogP contribution in [-0.2, 0) is 25.4 Å². The molecule has 0 aliphatic carbocycles. The van der Waals surface area contributed by atoms with Crippen LogP contribution in [0.1, 0.15) is 38.3 Å². The van der Waals surface area contributed by atoms with E-state index in [2.05, 4.69) is 21.8 Å². The van der Waals surface area contributed by atoms with Gasteiger partial charge in [0.2, 0.25) is 5.95 Å². The third kappa shape index (κ3) is 7.01. The Bertz CT molecular complexity index is 866. The van der Waals surface area contributed by atoms with Crippen LogP contribution in [0.5, 0.6) is 5.75 Å². The van der Waals surface area contributed by atoms with Crippen molar-refractivity contribution in [2.24, 2.45) is 0 Å². The van der Waals surface area contributed by atoms with Crippen LogP contribution in [0.2, 0.25) is 0 Å². The topological polar surface area (TPSA) is 112 Å². The van der Waals surface area contributed by atoms with Crippen molar-refractivity contribution < 1.29 is 24.1 Å². The highest BCUT2D eigenvalue weighted by atomic mass is 16.7. The Balaban J connectivity index is 1.80. The number of unbranched alkanes of at least 4 members (excludes halogenated alkanes) is 3. The van der Waals surface area contributed by atoms with Crippen LogP contribution < -0.4 is 10.6 Å². The Kier molecular flexibility index (Phi) is 9.68. The minimum atomic E-state index is -0.165. The fourth-order valence-corrected chi connectivity index (χ4v) is 4.03. The molecule has 1 aliphatic heterocycles. The number of phenols is 1. The number of rotatable bonds is 13. The van der Waals surface area contributed by atoms with Gasteiger partial charge in [0.25, 0.3) is 0 Å². The molecule has 3 N–H and O–H groups in total. The Labute approximate surface area is 195 Å². The van der Waals surface area contributed by atoms with Gasteiger partial charge in [0.15, 0.2) is 0 Å². The molecule has 0 radical (unpaired) electrons. The third-order valence-corrected chi connectivity index (χ3v) is 5.72. The Morgan fingerprint density at radius 3 is 2.33 bits per heavy atom. The van der Waals surface area contributed by atoms with Crippen molar-refractivity contribution in [3.63, 3.8) is 0 Å². The van der Waals surface area contributed by atoms with Gasteiger partial charge in [-0.05, 0) is 37.1 Å². The maximum absolute atomic E-state index is 10.6. The van der Waals surface area contributed by atoms with Gasteiger partial charge < -0.3 is 34.7 Å². The maximum Gasteiger partial charge on any atom is 0.220 e. The Hall–Kier alpha value is -2.46. The first kappa shape index (κ1) is 25.2. The molecular formula is C24H36N4O5. The molecule has 0 unspecified atom stereocenters. The maximum atomic E-state index is 10.6. The summed E-state index contributed by atoms with van der Waals surface area (Å²) in [6.07, 6.45) is 5.10. The molecule has 1 aromatic heterocycles. The highest BCUT2D eigenvalue weighted by Gasteiger charge is 2.35. The van der Waals surface area contributed by atoms with Crippen molar-refractivity contribution in [3.8, 4) is 17.0 Å². The van der Waals surface area contributed by atoms with E-state index in [-0.39, 0.29) is 37.5 Å². The number of nitrogen functional groups attached to an aromatic ring is 1. The monoisotopic (exact) mass is 460 g/mol. The van der Waals surface area contributed by atoms with E-state index < -0.39 is 0 Å². The first-order chi connectivity index (χ1) is 16.0. The number of aromatic nitrogens is 2. The lowest BCUT2D eigenvalue weighted by atomic mass is 10.1. The zero-order valence-electron chi connectivity index (χ0n) is 19.8. The SMILES string of the molecule is CCCCCCc1cc(-c2cc(N3C[C@H](OCOC)[C@@H](OCOC)C3)ccc2O)nc(N)n1. The number of methoxy groups -OCH3 is 2. The third-order valence-electron chi connectivity index (χ3n) is 5.72. The van der Waals surface area contributed by atoms with E-state index in [0.717, 1.165) is 30.6 Å². The summed E-state index contributed by atoms with van der Waals surface area (Å²) in [4.78, 5) is 10.9. The number of hydrogen-bond donors (Lipinski definition) is 2. The van der Waals surface area contributed by atoms with Gasteiger partial charge in [0.1, 0.15) is 31.5 Å². The number of hydrogen-bond acceptors (Lipinski definition) is 9. The molecule has 1 aromatic carbocycles. The summed E-state index contributed by atoms with van der Waals surface area (Å²) in [6.45, 7) is 3.81. The Morgan fingerprint density at radius 2 is 1.70 bits per heavy atom. The molecule has 182 valence electrons. The lowest BCUT2D eigenvalue weighted by Crippen LogP contribution is -2.31. The van der Waals surface area contributed by atoms with Gasteiger partial charge in [0.05, 0.1) is 5.69 Å². The molecule has 2 aromatic rings. The van der Waals surface area contributed by atoms with Crippen molar-refractivity contribution in [1.82, 2.24) is 9.97 Å². The average Bonchev–Trinajstić information content (AvgIpc) is 3.22. The molecule has 0 amide bonds. The molecule has 2 atom stereocenters. The van der Waals surface area contributed by atoms with Crippen LogP contribution in [0, 0.1) is 0 Å². The zero-order valence-corrected chi connectivity index (χ0v) is 19.8. The van der Waals surface area contributed by atoms with Crippen LogP contribution >= 0.6 is 0 Å². The fraction of sp³-hybridized carbons (Fsp3) is 0.583. The Morgan fingerprint density at radius 1 is 1.00 bits per heavy atom. The number of aryl methyl sites for hydroxylation is 1. The standard InChI is InChI=1S/C24H36N4O5/c1-4-5-6-7-8-17-11-20(27-24(25)26-17)19-12-18(9-10-21(19)29)28-13-22(32-15-30-2)23(14-28)33-16-31-3/h9-12,22-23,29H,4-8,13-16H2,1-3H3,(H2,25,26,27)/t22-,23-/m0/s1. The summed E-state index contributed by atoms with van der Waals surface area (Å²) in [6, 6.07) is 7.39. The number of nitrogens with two attached hydrogens (primary N) is 1. The first-order valence-corrected chi connectivity index (χ1v) is 11.5. The lowest BCUT2D eigenvalue weighted by Gasteiger charge is -2.20. The van der Waals surface area contributed by atoms with E-state index in [1.165, 1.54) is 12.8 Å². The summed E-state index contributed by atoms with van der Waals surface area (Å²) in [5.74, 6) is 0.359. The van der Waals surface area contributed by atoms with Gasteiger partial charge in [-0.3, -0.25) is 0 Å². The molecule has 33 heavy (non-hydrogen) atoms. The molecule has 0 bridgehead atoms. The summed E-state index contributed by atoms with van der Waals surface area (Å²) in [5, 5.41) is 10.6. The van der Waals surface area contributed by atoms with Gasteiger partial charge >= 0.3 is 0 Å². The first-order valence-electron chi connectivity index (χ1n) is 11.5. The quantitative estimate of drug-likeness (QED) is 0.343. The van der Waals surface area contributed by atoms with Gasteiger partial charge in [-0.2, -0.15) is 0 Å². The van der Waals surface area contributed by atoms with Crippen LogP contribution in [0.15, 0.2) is 24.3 Å². The lowest BCUT2D eigenvalue weighted by molar-refractivity contribution is -0.139. The second kappa shape index (κ2) is 12.7. The van der Waals surface area contributed by atoms with Gasteiger partial charge in [-0.1, -0.05) is 26.2 Å². The number of anilines is 2. The van der Waals surface area contributed by atoms with Crippen LogP contribution in [0.4, 0.5) is 11.6 Å². The summed E-state index contributed by atoms with van der Waals surface area (Å²) in [5.41, 5.74) is 9.05. The van der Waals surface area contributed by atoms with Crippen molar-refractivity contribution in [1.29, 1.82) is 0 Å². The fourth-order valence-electron chi connectivity index (χ4n) is 4.03. The normalized spacial score (nSPS) is 18.2. The number of nitrogens with zero attached hydrogens (tertiary/aromatic N) is 3. The van der Waals surface area contributed by atoms with E-state index >= 15 is 0 Å². The number of benzene rings is 1. The largest absolute Gasteiger partial charge is 0.507 e. The average molecular weight is 461 g/mol. The smallest absolute Gasteiger partial charge is 0.220 e. The molecule has 0 spiro atoms. The van der Waals surface area contributed by atoms with Crippen LogP contribution in [-0.4, -0.2) is 68.2 Å². The van der Waals surface area contributed by atoms with Crippen molar-refractivity contribution in [3.05, 3.63) is 30.0 Å². The van der Waals surface area contributed by atoms with Gasteiger partial charge in [-0.25, -0.2) is 9.97 Å². The van der Waals surface area contributed by atoms with Crippen LogP contribution in [0.25, 0.3) is 11.3 Å². The van der Waals surface area contributed by atoms with Crippen LogP contribution in [0.3, 0.4) is 0 Å². The molecule has 1 saturated heterocycles. The molecule has 9 heteroatoms. The van der Waals surface area contributed by atoms with Gasteiger partial charge in [-0.15, -0.1) is 0 Å². The highest BCUT2D eigenvalue weighted by Crippen LogP contribution is 2.34. The summed E-state index contributed by atoms with van der Waals surface area (Å²) >= 11 is 0. The predicted molar refractivity (Wildman–Crippen MR) is 127 cm³/mol. The van der Waals surface area contributed by atoms with E-state index in [4.69, 9.17) is 24.7 Å². The van der Waals surface area contributed by atoms with Gasteiger partial charge in [0, 0.05) is 44.3 Å². The van der Waals surface area contributed by atoms with Crippen molar-refractivity contribution in [2.75, 3.05) is 51.5 Å². The van der Waals surface area contributed by atoms with Crippen molar-refractivity contribution >= 4 is 11.6 Å². The summed E-state index contributed by atoms with van der Waals surface area (Å²) in [7, 11) is 3.19. The minimum absolute atomic E-state index is 0.146.